The minimum Gasteiger partial charge on any atom is -0.493 e. The summed E-state index contributed by atoms with van der Waals surface area (Å²) in [6.07, 6.45) is 0. The van der Waals surface area contributed by atoms with E-state index in [1.54, 1.807) is 20.3 Å². The van der Waals surface area contributed by atoms with Gasteiger partial charge in [-0.2, -0.15) is 0 Å². The van der Waals surface area contributed by atoms with E-state index in [2.05, 4.69) is 0 Å². The number of nitrogens with two attached hydrogens (primary N) is 2. The SMILES string of the molecule is COc1ccc(C(CN)c2cccc(F)c2CN)cc1OC. The summed E-state index contributed by atoms with van der Waals surface area (Å²) in [7, 11) is 3.16. The predicted molar refractivity (Wildman–Crippen MR) is 84.7 cm³/mol. The molecule has 0 aliphatic heterocycles. The second kappa shape index (κ2) is 7.24. The predicted octanol–water partition coefficient (Wildman–Crippen LogP) is 2.39. The van der Waals surface area contributed by atoms with Crippen LogP contribution in [0.1, 0.15) is 22.6 Å². The molecule has 1 unspecified atom stereocenters. The number of halogens is 1. The third-order valence-electron chi connectivity index (χ3n) is 3.78. The van der Waals surface area contributed by atoms with Crippen LogP contribution in [0.5, 0.6) is 11.5 Å². The smallest absolute Gasteiger partial charge is 0.161 e. The van der Waals surface area contributed by atoms with Crippen molar-refractivity contribution in [3.63, 3.8) is 0 Å². The Bertz CT molecular complexity index is 647. The van der Waals surface area contributed by atoms with Gasteiger partial charge in [-0.3, -0.25) is 0 Å². The fraction of sp³-hybridized carbons (Fsp3) is 0.294. The Labute approximate surface area is 129 Å². The second-order valence-corrected chi connectivity index (χ2v) is 4.91. The molecule has 1 atom stereocenters. The fourth-order valence-corrected chi connectivity index (χ4v) is 2.63. The number of methoxy groups -OCH3 is 2. The zero-order valence-corrected chi connectivity index (χ0v) is 12.8. The number of hydrogen-bond donors (Lipinski definition) is 2. The van der Waals surface area contributed by atoms with Crippen molar-refractivity contribution in [2.24, 2.45) is 11.5 Å². The number of ether oxygens (including phenoxy) is 2. The summed E-state index contributed by atoms with van der Waals surface area (Å²) in [5, 5.41) is 0. The minimum absolute atomic E-state index is 0.131. The first-order chi connectivity index (χ1) is 10.7. The summed E-state index contributed by atoms with van der Waals surface area (Å²) in [6.45, 7) is 0.470. The quantitative estimate of drug-likeness (QED) is 0.859. The highest BCUT2D eigenvalue weighted by Gasteiger charge is 2.19. The van der Waals surface area contributed by atoms with Crippen LogP contribution < -0.4 is 20.9 Å². The van der Waals surface area contributed by atoms with E-state index in [4.69, 9.17) is 20.9 Å². The van der Waals surface area contributed by atoms with Crippen molar-refractivity contribution in [1.29, 1.82) is 0 Å². The van der Waals surface area contributed by atoms with Gasteiger partial charge in [0.15, 0.2) is 11.5 Å². The van der Waals surface area contributed by atoms with Crippen molar-refractivity contribution >= 4 is 0 Å². The topological polar surface area (TPSA) is 70.5 Å². The lowest BCUT2D eigenvalue weighted by Gasteiger charge is -2.20. The molecule has 0 spiro atoms. The molecule has 0 fully saturated rings. The van der Waals surface area contributed by atoms with E-state index in [0.29, 0.717) is 23.6 Å². The van der Waals surface area contributed by atoms with E-state index in [1.807, 2.05) is 24.3 Å². The van der Waals surface area contributed by atoms with Crippen molar-refractivity contribution in [2.45, 2.75) is 12.5 Å². The summed E-state index contributed by atoms with van der Waals surface area (Å²) in [6, 6.07) is 10.5. The van der Waals surface area contributed by atoms with E-state index in [1.165, 1.54) is 6.07 Å². The maximum atomic E-state index is 14.0. The Kier molecular flexibility index (Phi) is 5.35. The van der Waals surface area contributed by atoms with Gasteiger partial charge in [0.25, 0.3) is 0 Å². The average Bonchev–Trinajstić information content (AvgIpc) is 2.55. The molecule has 0 bridgehead atoms. The van der Waals surface area contributed by atoms with Crippen molar-refractivity contribution in [2.75, 3.05) is 20.8 Å². The molecule has 118 valence electrons. The average molecular weight is 304 g/mol. The molecule has 2 aromatic rings. The van der Waals surface area contributed by atoms with Crippen molar-refractivity contribution in [3.8, 4) is 11.5 Å². The number of benzene rings is 2. The molecule has 0 radical (unpaired) electrons. The third kappa shape index (κ3) is 3.05. The first-order valence-electron chi connectivity index (χ1n) is 7.05. The lowest BCUT2D eigenvalue weighted by atomic mass is 9.87. The molecule has 0 saturated heterocycles. The largest absolute Gasteiger partial charge is 0.493 e. The van der Waals surface area contributed by atoms with Crippen LogP contribution in [0.15, 0.2) is 36.4 Å². The van der Waals surface area contributed by atoms with Gasteiger partial charge >= 0.3 is 0 Å². The van der Waals surface area contributed by atoms with Gasteiger partial charge in [-0.05, 0) is 29.3 Å². The van der Waals surface area contributed by atoms with E-state index >= 15 is 0 Å². The van der Waals surface area contributed by atoms with Crippen molar-refractivity contribution in [3.05, 3.63) is 58.9 Å². The molecule has 0 saturated carbocycles. The van der Waals surface area contributed by atoms with Crippen LogP contribution in [0.25, 0.3) is 0 Å². The molecule has 2 aromatic carbocycles. The van der Waals surface area contributed by atoms with Gasteiger partial charge in [0.05, 0.1) is 14.2 Å². The third-order valence-corrected chi connectivity index (χ3v) is 3.78. The van der Waals surface area contributed by atoms with Crippen LogP contribution in [0, 0.1) is 5.82 Å². The fourth-order valence-electron chi connectivity index (χ4n) is 2.63. The van der Waals surface area contributed by atoms with Crippen LogP contribution in [-0.2, 0) is 6.54 Å². The Hall–Kier alpha value is -2.11. The van der Waals surface area contributed by atoms with Crippen LogP contribution in [0.2, 0.25) is 0 Å². The molecule has 0 aromatic heterocycles. The first-order valence-corrected chi connectivity index (χ1v) is 7.05. The Morgan fingerprint density at radius 1 is 1.05 bits per heavy atom. The molecular weight excluding hydrogens is 283 g/mol. The van der Waals surface area contributed by atoms with Gasteiger partial charge in [0.2, 0.25) is 0 Å². The van der Waals surface area contributed by atoms with Crippen molar-refractivity contribution < 1.29 is 13.9 Å². The van der Waals surface area contributed by atoms with E-state index in [9.17, 15) is 4.39 Å². The summed E-state index contributed by atoms with van der Waals surface area (Å²) in [5.41, 5.74) is 13.9. The van der Waals surface area contributed by atoms with E-state index in [0.717, 1.165) is 11.1 Å². The Morgan fingerprint density at radius 2 is 1.77 bits per heavy atom. The highest BCUT2D eigenvalue weighted by Crippen LogP contribution is 2.34. The highest BCUT2D eigenvalue weighted by atomic mass is 19.1. The second-order valence-electron chi connectivity index (χ2n) is 4.91. The highest BCUT2D eigenvalue weighted by molar-refractivity contribution is 5.47. The van der Waals surface area contributed by atoms with Crippen molar-refractivity contribution in [1.82, 2.24) is 0 Å². The van der Waals surface area contributed by atoms with E-state index < -0.39 is 0 Å². The minimum atomic E-state index is -0.307. The molecule has 4 nitrogen and oxygen atoms in total. The van der Waals surface area contributed by atoms with Crippen LogP contribution in [0.3, 0.4) is 0 Å². The maximum Gasteiger partial charge on any atom is 0.161 e. The maximum absolute atomic E-state index is 14.0. The summed E-state index contributed by atoms with van der Waals surface area (Å²) in [5.74, 6) is 0.789. The summed E-state index contributed by atoms with van der Waals surface area (Å²) < 4.78 is 24.5. The molecule has 5 heteroatoms. The van der Waals surface area contributed by atoms with Crippen LogP contribution >= 0.6 is 0 Å². The van der Waals surface area contributed by atoms with Gasteiger partial charge in [-0.25, -0.2) is 4.39 Å². The molecule has 0 aliphatic carbocycles. The molecule has 2 rings (SSSR count). The van der Waals surface area contributed by atoms with Crippen LogP contribution in [0.4, 0.5) is 4.39 Å². The van der Waals surface area contributed by atoms with Gasteiger partial charge in [0, 0.05) is 24.6 Å². The van der Waals surface area contributed by atoms with Gasteiger partial charge in [-0.1, -0.05) is 18.2 Å². The molecule has 0 heterocycles. The molecule has 22 heavy (non-hydrogen) atoms. The monoisotopic (exact) mass is 304 g/mol. The normalized spacial score (nSPS) is 12.0. The van der Waals surface area contributed by atoms with Gasteiger partial charge in [-0.15, -0.1) is 0 Å². The lowest BCUT2D eigenvalue weighted by molar-refractivity contribution is 0.354. The zero-order valence-electron chi connectivity index (χ0n) is 12.8. The molecule has 4 N–H and O–H groups in total. The van der Waals surface area contributed by atoms with Gasteiger partial charge in [0.1, 0.15) is 5.82 Å². The Balaban J connectivity index is 2.51. The molecular formula is C17H21FN2O2. The zero-order chi connectivity index (χ0) is 16.1. The number of hydrogen-bond acceptors (Lipinski definition) is 4. The summed E-state index contributed by atoms with van der Waals surface area (Å²) in [4.78, 5) is 0. The molecule has 0 amide bonds. The summed E-state index contributed by atoms with van der Waals surface area (Å²) >= 11 is 0. The first kappa shape index (κ1) is 16.3. The van der Waals surface area contributed by atoms with Crippen LogP contribution in [-0.4, -0.2) is 20.8 Å². The number of rotatable bonds is 6. The molecule has 0 aliphatic rings. The van der Waals surface area contributed by atoms with E-state index in [-0.39, 0.29) is 18.3 Å². The lowest BCUT2D eigenvalue weighted by Crippen LogP contribution is -2.17. The van der Waals surface area contributed by atoms with Gasteiger partial charge < -0.3 is 20.9 Å². The standard InChI is InChI=1S/C17H21FN2O2/c1-21-16-7-6-11(8-17(16)22-2)13(9-19)12-4-3-5-15(18)14(12)10-20/h3-8,13H,9-10,19-20H2,1-2H3. The Morgan fingerprint density at radius 3 is 2.36 bits per heavy atom.